The number of aliphatic hydroxyl groups is 1. The van der Waals surface area contributed by atoms with Crippen LogP contribution in [0.2, 0.25) is 0 Å². The molecule has 2 bridgehead atoms. The second kappa shape index (κ2) is 10.5. The first-order valence-corrected chi connectivity index (χ1v) is 15.9. The van der Waals surface area contributed by atoms with Gasteiger partial charge in [0.15, 0.2) is 5.82 Å². The largest absolute Gasteiger partial charge is 0.508 e. The minimum Gasteiger partial charge on any atom is -0.508 e. The number of aryl methyl sites for hydroxylation is 1. The summed E-state index contributed by atoms with van der Waals surface area (Å²) in [6.45, 7) is 4.83. The molecular formula is C34H37F2N5O3. The Labute approximate surface area is 254 Å². The van der Waals surface area contributed by atoms with E-state index in [0.717, 1.165) is 55.0 Å². The minimum absolute atomic E-state index is 0.0277. The second-order valence-corrected chi connectivity index (χ2v) is 13.3. The Balaban J connectivity index is 1.26. The number of halogens is 2. The highest BCUT2D eigenvalue weighted by Crippen LogP contribution is 2.43. The molecule has 0 radical (unpaired) electrons. The molecule has 4 aliphatic rings. The summed E-state index contributed by atoms with van der Waals surface area (Å²) in [4.78, 5) is 18.4. The molecule has 4 fully saturated rings. The zero-order valence-corrected chi connectivity index (χ0v) is 24.8. The molecule has 1 aliphatic carbocycles. The molecule has 10 heteroatoms. The standard InChI is InChI=1S/C34H37F2N5O3/c1-2-20-5-3-6-21-11-24(42)12-25(28(20)21)30-29(36)31-26(14-37-30)32(40-15-19-9-22(16-40)27(43)10-19)39-33(38-31)44-18-34-7-4-8-41(34)17-23(35)13-34/h3,5-6,11-12,14,19,22-23,27,42-43H,2,4,7-10,13,15-18H2,1H3/t19?,22?,23-,27?,34+/m1/s1. The van der Waals surface area contributed by atoms with Gasteiger partial charge in [-0.3, -0.25) is 9.88 Å². The highest BCUT2D eigenvalue weighted by molar-refractivity contribution is 6.01. The third kappa shape index (κ3) is 4.48. The lowest BCUT2D eigenvalue weighted by Crippen LogP contribution is -2.43. The molecule has 0 amide bonds. The van der Waals surface area contributed by atoms with Gasteiger partial charge in [0.25, 0.3) is 0 Å². The van der Waals surface area contributed by atoms with Crippen LogP contribution in [0.3, 0.4) is 0 Å². The van der Waals surface area contributed by atoms with Crippen molar-refractivity contribution in [3.8, 4) is 23.0 Å². The molecule has 2 aromatic heterocycles. The smallest absolute Gasteiger partial charge is 0.319 e. The number of aromatic hydroxyl groups is 1. The fourth-order valence-corrected chi connectivity index (χ4v) is 8.54. The number of fused-ring (bicyclic) bond motifs is 5. The van der Waals surface area contributed by atoms with Gasteiger partial charge in [-0.05, 0) is 73.0 Å². The lowest BCUT2D eigenvalue weighted by molar-refractivity contribution is 0.107. The average molecular weight is 602 g/mol. The van der Waals surface area contributed by atoms with E-state index < -0.39 is 17.5 Å². The van der Waals surface area contributed by atoms with E-state index in [1.165, 1.54) is 0 Å². The summed E-state index contributed by atoms with van der Waals surface area (Å²) in [5.41, 5.74) is 1.32. The maximum Gasteiger partial charge on any atom is 0.319 e. The van der Waals surface area contributed by atoms with E-state index in [-0.39, 0.29) is 41.6 Å². The van der Waals surface area contributed by atoms with Crippen LogP contribution < -0.4 is 9.64 Å². The molecule has 5 heterocycles. The van der Waals surface area contributed by atoms with E-state index >= 15 is 4.39 Å². The molecule has 8 nitrogen and oxygen atoms in total. The number of hydrogen-bond donors (Lipinski definition) is 2. The van der Waals surface area contributed by atoms with Crippen molar-refractivity contribution in [2.24, 2.45) is 11.8 Å². The monoisotopic (exact) mass is 601 g/mol. The van der Waals surface area contributed by atoms with Gasteiger partial charge in [0.1, 0.15) is 35.6 Å². The number of phenols is 1. The number of rotatable bonds is 6. The van der Waals surface area contributed by atoms with Crippen molar-refractivity contribution < 1.29 is 23.7 Å². The summed E-state index contributed by atoms with van der Waals surface area (Å²) >= 11 is 0. The molecule has 4 aromatic rings. The number of phenolic OH excluding ortho intramolecular Hbond substituents is 1. The number of aromatic nitrogens is 3. The number of alkyl halides is 1. The Morgan fingerprint density at radius 1 is 1.14 bits per heavy atom. The van der Waals surface area contributed by atoms with E-state index in [1.54, 1.807) is 18.3 Å². The number of piperidine rings is 1. The highest BCUT2D eigenvalue weighted by atomic mass is 19.1. The van der Waals surface area contributed by atoms with Crippen LogP contribution in [0.4, 0.5) is 14.6 Å². The number of ether oxygens (including phenoxy) is 1. The van der Waals surface area contributed by atoms with Crippen LogP contribution in [0.1, 0.15) is 44.6 Å². The second-order valence-electron chi connectivity index (χ2n) is 13.3. The summed E-state index contributed by atoms with van der Waals surface area (Å²) in [5.74, 6) is 0.404. The maximum atomic E-state index is 16.8. The molecule has 230 valence electrons. The normalized spacial score (nSPS) is 28.3. The Morgan fingerprint density at radius 2 is 2.02 bits per heavy atom. The van der Waals surface area contributed by atoms with Crippen molar-refractivity contribution >= 4 is 27.5 Å². The van der Waals surface area contributed by atoms with Gasteiger partial charge in [-0.25, -0.2) is 8.78 Å². The molecule has 44 heavy (non-hydrogen) atoms. The van der Waals surface area contributed by atoms with Crippen LogP contribution in [0.25, 0.3) is 32.9 Å². The summed E-state index contributed by atoms with van der Waals surface area (Å²) in [7, 11) is 0. The van der Waals surface area contributed by atoms with Crippen LogP contribution in [0.5, 0.6) is 11.8 Å². The first-order valence-electron chi connectivity index (χ1n) is 15.9. The summed E-state index contributed by atoms with van der Waals surface area (Å²) in [6.07, 6.45) is 5.05. The molecule has 3 unspecified atom stereocenters. The third-order valence-corrected chi connectivity index (χ3v) is 10.5. The zero-order chi connectivity index (χ0) is 30.2. The van der Waals surface area contributed by atoms with Gasteiger partial charge in [-0.1, -0.05) is 25.1 Å². The van der Waals surface area contributed by atoms with Crippen LogP contribution in [-0.4, -0.2) is 80.7 Å². The number of benzene rings is 2. The van der Waals surface area contributed by atoms with Crippen LogP contribution >= 0.6 is 0 Å². The molecule has 3 aliphatic heterocycles. The Hall–Kier alpha value is -3.63. The van der Waals surface area contributed by atoms with E-state index in [2.05, 4.69) is 19.8 Å². The minimum atomic E-state index is -0.890. The zero-order valence-electron chi connectivity index (χ0n) is 24.8. The molecule has 2 N–H and O–H groups in total. The van der Waals surface area contributed by atoms with Gasteiger partial charge in [-0.2, -0.15) is 9.97 Å². The summed E-state index contributed by atoms with van der Waals surface area (Å²) in [6, 6.07) is 9.13. The number of nitrogens with zero attached hydrogens (tertiary/aromatic N) is 5. The lowest BCUT2D eigenvalue weighted by atomic mass is 9.95. The van der Waals surface area contributed by atoms with E-state index in [4.69, 9.17) is 9.72 Å². The van der Waals surface area contributed by atoms with Crippen LogP contribution in [0, 0.1) is 17.7 Å². The van der Waals surface area contributed by atoms with E-state index in [9.17, 15) is 14.6 Å². The predicted octanol–water partition coefficient (Wildman–Crippen LogP) is 5.41. The highest BCUT2D eigenvalue weighted by Gasteiger charge is 2.49. The number of anilines is 1. The van der Waals surface area contributed by atoms with Gasteiger partial charge in [0.2, 0.25) is 0 Å². The van der Waals surface area contributed by atoms with E-state index in [1.807, 2.05) is 25.1 Å². The Morgan fingerprint density at radius 3 is 2.86 bits per heavy atom. The van der Waals surface area contributed by atoms with Gasteiger partial charge < -0.3 is 19.8 Å². The van der Waals surface area contributed by atoms with Gasteiger partial charge >= 0.3 is 6.01 Å². The first kappa shape index (κ1) is 27.9. The van der Waals surface area contributed by atoms with Crippen LogP contribution in [0.15, 0.2) is 36.5 Å². The van der Waals surface area contributed by atoms with Crippen molar-refractivity contribution in [2.75, 3.05) is 37.7 Å². The van der Waals surface area contributed by atoms with Crippen molar-refractivity contribution in [1.29, 1.82) is 0 Å². The molecule has 5 atom stereocenters. The van der Waals surface area contributed by atoms with Gasteiger partial charge in [-0.15, -0.1) is 0 Å². The lowest BCUT2D eigenvalue weighted by Gasteiger charge is -2.34. The number of aliphatic hydroxyl groups excluding tert-OH is 1. The molecule has 1 saturated carbocycles. The third-order valence-electron chi connectivity index (χ3n) is 10.5. The number of pyridine rings is 1. The van der Waals surface area contributed by atoms with Crippen molar-refractivity contribution in [1.82, 2.24) is 19.9 Å². The topological polar surface area (TPSA) is 94.8 Å². The predicted molar refractivity (Wildman–Crippen MR) is 164 cm³/mol. The quantitative estimate of drug-likeness (QED) is 0.303. The summed E-state index contributed by atoms with van der Waals surface area (Å²) < 4.78 is 37.5. The fourth-order valence-electron chi connectivity index (χ4n) is 8.54. The van der Waals surface area contributed by atoms with E-state index in [0.29, 0.717) is 48.7 Å². The molecule has 3 saturated heterocycles. The maximum absolute atomic E-state index is 16.8. The van der Waals surface area contributed by atoms with Crippen molar-refractivity contribution in [2.45, 2.75) is 63.3 Å². The Kier molecular flexibility index (Phi) is 6.64. The molecule has 2 aromatic carbocycles. The van der Waals surface area contributed by atoms with Gasteiger partial charge in [0, 0.05) is 43.7 Å². The van der Waals surface area contributed by atoms with Crippen molar-refractivity contribution in [3.63, 3.8) is 0 Å². The number of hydrogen-bond acceptors (Lipinski definition) is 8. The average Bonchev–Trinajstić information content (AvgIpc) is 3.63. The van der Waals surface area contributed by atoms with Crippen molar-refractivity contribution in [3.05, 3.63) is 47.9 Å². The fraction of sp³-hybridized carbons (Fsp3) is 0.500. The SMILES string of the molecule is CCc1cccc2cc(O)cc(-c3ncc4c(N5CC6CC(O)C(C6)C5)nc(OC[C@@]56CCCN5C[C@H](F)C6)nc4c3F)c12. The summed E-state index contributed by atoms with van der Waals surface area (Å²) in [5, 5.41) is 23.3. The van der Waals surface area contributed by atoms with Gasteiger partial charge in [0.05, 0.1) is 17.0 Å². The Bertz CT molecular complexity index is 1770. The molecule has 8 rings (SSSR count). The first-order chi connectivity index (χ1) is 21.3. The van der Waals surface area contributed by atoms with Crippen LogP contribution in [-0.2, 0) is 6.42 Å². The molecular weight excluding hydrogens is 564 g/mol. The molecule has 0 spiro atoms.